The number of hydrogen-bond acceptors (Lipinski definition) is 3. The molecule has 0 aliphatic carbocycles. The third-order valence-electron chi connectivity index (χ3n) is 2.70. The second kappa shape index (κ2) is 12.3. The Hall–Kier alpha value is -0.470. The largest absolute Gasteiger partial charge is 0.332 e. The molecular weight excluding hydrogens is 271 g/mol. The standard InChI is InChI=1S/C16H27O3P/c1-3-13-17-20(18-14-4-2)19-15-9-8-12-16-10-6-5-7-11-16/h5-7,10-11H,3-4,8-9,12-15H2,1-2H3. The Bertz CT molecular complexity index is 311. The van der Waals surface area contributed by atoms with Crippen molar-refractivity contribution in [2.24, 2.45) is 0 Å². The smallest absolute Gasteiger partial charge is 0.312 e. The van der Waals surface area contributed by atoms with Gasteiger partial charge in [0.15, 0.2) is 0 Å². The fourth-order valence-electron chi connectivity index (χ4n) is 1.66. The highest BCUT2D eigenvalue weighted by Gasteiger charge is 2.11. The van der Waals surface area contributed by atoms with Crippen LogP contribution in [0.1, 0.15) is 45.1 Å². The van der Waals surface area contributed by atoms with Crippen molar-refractivity contribution in [2.75, 3.05) is 19.8 Å². The zero-order chi connectivity index (χ0) is 14.5. The van der Waals surface area contributed by atoms with Crippen molar-refractivity contribution in [3.8, 4) is 0 Å². The number of hydrogen-bond donors (Lipinski definition) is 0. The monoisotopic (exact) mass is 298 g/mol. The fraction of sp³-hybridized carbons (Fsp3) is 0.625. The molecule has 0 saturated carbocycles. The van der Waals surface area contributed by atoms with E-state index >= 15 is 0 Å². The first-order valence-corrected chi connectivity index (χ1v) is 8.69. The molecule has 0 aromatic heterocycles. The molecule has 0 aliphatic rings. The second-order valence-corrected chi connectivity index (χ2v) is 5.89. The van der Waals surface area contributed by atoms with Crippen molar-refractivity contribution in [3.05, 3.63) is 35.9 Å². The second-order valence-electron chi connectivity index (χ2n) is 4.67. The molecule has 0 amide bonds. The van der Waals surface area contributed by atoms with Crippen molar-refractivity contribution < 1.29 is 13.6 Å². The van der Waals surface area contributed by atoms with E-state index in [1.54, 1.807) is 0 Å². The third-order valence-corrected chi connectivity index (χ3v) is 3.88. The summed E-state index contributed by atoms with van der Waals surface area (Å²) in [4.78, 5) is 0. The van der Waals surface area contributed by atoms with Gasteiger partial charge in [-0.3, -0.25) is 0 Å². The van der Waals surface area contributed by atoms with E-state index in [0.29, 0.717) is 19.8 Å². The van der Waals surface area contributed by atoms with Crippen LogP contribution in [0.3, 0.4) is 0 Å². The Balaban J connectivity index is 2.09. The summed E-state index contributed by atoms with van der Waals surface area (Å²) >= 11 is 0. The van der Waals surface area contributed by atoms with Gasteiger partial charge in [0.05, 0.1) is 19.8 Å². The van der Waals surface area contributed by atoms with Crippen LogP contribution in [-0.2, 0) is 20.0 Å². The Morgan fingerprint density at radius 1 is 0.800 bits per heavy atom. The quantitative estimate of drug-likeness (QED) is 0.396. The lowest BCUT2D eigenvalue weighted by atomic mass is 10.1. The van der Waals surface area contributed by atoms with E-state index in [-0.39, 0.29) is 0 Å². The average Bonchev–Trinajstić information content (AvgIpc) is 2.50. The lowest BCUT2D eigenvalue weighted by molar-refractivity contribution is 0.158. The van der Waals surface area contributed by atoms with Crippen molar-refractivity contribution in [1.82, 2.24) is 0 Å². The van der Waals surface area contributed by atoms with E-state index in [0.717, 1.165) is 32.1 Å². The van der Waals surface area contributed by atoms with E-state index in [9.17, 15) is 0 Å². The third kappa shape index (κ3) is 8.65. The molecule has 1 aromatic carbocycles. The van der Waals surface area contributed by atoms with E-state index in [1.165, 1.54) is 5.56 Å². The summed E-state index contributed by atoms with van der Waals surface area (Å²) in [5.74, 6) is 0. The molecule has 0 fully saturated rings. The van der Waals surface area contributed by atoms with Gasteiger partial charge in [-0.15, -0.1) is 0 Å². The molecule has 1 aromatic rings. The summed E-state index contributed by atoms with van der Waals surface area (Å²) in [7, 11) is -1.14. The number of unbranched alkanes of at least 4 members (excludes halogenated alkanes) is 1. The molecule has 4 heteroatoms. The zero-order valence-electron chi connectivity index (χ0n) is 12.7. The average molecular weight is 298 g/mol. The Morgan fingerprint density at radius 3 is 2.00 bits per heavy atom. The minimum atomic E-state index is -1.14. The molecule has 0 saturated heterocycles. The molecule has 0 spiro atoms. The van der Waals surface area contributed by atoms with Crippen molar-refractivity contribution >= 4 is 8.60 Å². The molecule has 3 nitrogen and oxygen atoms in total. The van der Waals surface area contributed by atoms with Crippen LogP contribution in [0.2, 0.25) is 0 Å². The molecule has 0 bridgehead atoms. The normalized spacial score (nSPS) is 11.2. The van der Waals surface area contributed by atoms with Gasteiger partial charge in [-0.05, 0) is 37.7 Å². The summed E-state index contributed by atoms with van der Waals surface area (Å²) < 4.78 is 16.9. The lowest BCUT2D eigenvalue weighted by Gasteiger charge is -2.16. The maximum Gasteiger partial charge on any atom is 0.332 e. The van der Waals surface area contributed by atoms with Crippen LogP contribution in [0.25, 0.3) is 0 Å². The van der Waals surface area contributed by atoms with Gasteiger partial charge < -0.3 is 13.6 Å². The lowest BCUT2D eigenvalue weighted by Crippen LogP contribution is -1.99. The van der Waals surface area contributed by atoms with Crippen LogP contribution in [0, 0.1) is 0 Å². The molecule has 0 N–H and O–H groups in total. The zero-order valence-corrected chi connectivity index (χ0v) is 13.6. The summed E-state index contributed by atoms with van der Waals surface area (Å²) in [6.07, 6.45) is 5.26. The number of rotatable bonds is 12. The highest BCUT2D eigenvalue weighted by molar-refractivity contribution is 7.41. The Labute approximate surface area is 124 Å². The maximum absolute atomic E-state index is 5.70. The van der Waals surface area contributed by atoms with E-state index < -0.39 is 8.60 Å². The molecule has 0 aliphatic heterocycles. The molecule has 0 radical (unpaired) electrons. The van der Waals surface area contributed by atoms with Crippen LogP contribution in [0.15, 0.2) is 30.3 Å². The van der Waals surface area contributed by atoms with Gasteiger partial charge in [-0.2, -0.15) is 0 Å². The van der Waals surface area contributed by atoms with Crippen molar-refractivity contribution in [2.45, 2.75) is 46.0 Å². The topological polar surface area (TPSA) is 27.7 Å². The number of benzene rings is 1. The van der Waals surface area contributed by atoms with Crippen LogP contribution in [0.4, 0.5) is 0 Å². The van der Waals surface area contributed by atoms with Gasteiger partial charge in [-0.1, -0.05) is 44.2 Å². The molecule has 0 heterocycles. The summed E-state index contributed by atoms with van der Waals surface area (Å²) in [5.41, 5.74) is 1.39. The highest BCUT2D eigenvalue weighted by Crippen LogP contribution is 2.39. The first-order valence-electron chi connectivity index (χ1n) is 7.59. The van der Waals surface area contributed by atoms with Crippen molar-refractivity contribution in [1.29, 1.82) is 0 Å². The van der Waals surface area contributed by atoms with Crippen molar-refractivity contribution in [3.63, 3.8) is 0 Å². The molecular formula is C16H27O3P. The predicted octanol–water partition coefficient (Wildman–Crippen LogP) is 5.11. The first kappa shape index (κ1) is 17.6. The highest BCUT2D eigenvalue weighted by atomic mass is 31.2. The number of aryl methyl sites for hydroxylation is 1. The van der Waals surface area contributed by atoms with Crippen LogP contribution in [-0.4, -0.2) is 19.8 Å². The minimum Gasteiger partial charge on any atom is -0.312 e. The minimum absolute atomic E-state index is 0.708. The van der Waals surface area contributed by atoms with E-state index in [1.807, 2.05) is 0 Å². The van der Waals surface area contributed by atoms with Crippen LogP contribution >= 0.6 is 8.60 Å². The van der Waals surface area contributed by atoms with E-state index in [2.05, 4.69) is 44.2 Å². The SMILES string of the molecule is CCCOP(OCCC)OCCCCc1ccccc1. The Kier molecular flexibility index (Phi) is 10.8. The summed E-state index contributed by atoms with van der Waals surface area (Å²) in [6.45, 7) is 6.31. The van der Waals surface area contributed by atoms with Gasteiger partial charge in [0.1, 0.15) is 0 Å². The molecule has 0 unspecified atom stereocenters. The van der Waals surface area contributed by atoms with E-state index in [4.69, 9.17) is 13.6 Å². The van der Waals surface area contributed by atoms with Gasteiger partial charge >= 0.3 is 8.60 Å². The molecule has 1 rings (SSSR count). The van der Waals surface area contributed by atoms with Gasteiger partial charge in [0, 0.05) is 0 Å². The van der Waals surface area contributed by atoms with Gasteiger partial charge in [0.2, 0.25) is 0 Å². The van der Waals surface area contributed by atoms with Gasteiger partial charge in [0.25, 0.3) is 0 Å². The summed E-state index contributed by atoms with van der Waals surface area (Å²) in [6, 6.07) is 10.6. The predicted molar refractivity (Wildman–Crippen MR) is 84.7 cm³/mol. The Morgan fingerprint density at radius 2 is 1.40 bits per heavy atom. The summed E-state index contributed by atoms with van der Waals surface area (Å²) in [5, 5.41) is 0. The molecule has 0 atom stereocenters. The molecule has 20 heavy (non-hydrogen) atoms. The first-order chi connectivity index (χ1) is 9.86. The van der Waals surface area contributed by atoms with Crippen LogP contribution < -0.4 is 0 Å². The maximum atomic E-state index is 5.70. The van der Waals surface area contributed by atoms with Gasteiger partial charge in [-0.25, -0.2) is 0 Å². The molecule has 114 valence electrons. The fourth-order valence-corrected chi connectivity index (χ4v) is 2.82. The van der Waals surface area contributed by atoms with Crippen LogP contribution in [0.5, 0.6) is 0 Å².